The Morgan fingerprint density at radius 3 is 2.73 bits per heavy atom. The molecule has 1 unspecified atom stereocenters. The van der Waals surface area contributed by atoms with Crippen LogP contribution >= 0.6 is 0 Å². The first-order valence-corrected chi connectivity index (χ1v) is 8.78. The highest BCUT2D eigenvalue weighted by atomic mass is 19.1. The number of H-pyrrole nitrogens is 1. The van der Waals surface area contributed by atoms with Crippen LogP contribution in [0.15, 0.2) is 30.7 Å². The summed E-state index contributed by atoms with van der Waals surface area (Å²) in [6.07, 6.45) is 5.60. The molecule has 26 heavy (non-hydrogen) atoms. The Morgan fingerprint density at radius 2 is 2.15 bits per heavy atom. The van der Waals surface area contributed by atoms with Crippen molar-refractivity contribution in [3.63, 3.8) is 0 Å². The lowest BCUT2D eigenvalue weighted by molar-refractivity contribution is -0.126. The van der Waals surface area contributed by atoms with Crippen LogP contribution in [0.3, 0.4) is 0 Å². The van der Waals surface area contributed by atoms with Gasteiger partial charge in [-0.15, -0.1) is 0 Å². The van der Waals surface area contributed by atoms with Crippen LogP contribution in [0, 0.1) is 0 Å². The minimum atomic E-state index is -1.50. The normalized spacial score (nSPS) is 14.7. The molecule has 8 heteroatoms. The van der Waals surface area contributed by atoms with Gasteiger partial charge < -0.3 is 10.2 Å². The van der Waals surface area contributed by atoms with Crippen molar-refractivity contribution in [2.75, 3.05) is 13.1 Å². The maximum Gasteiger partial charge on any atom is 0.272 e. The van der Waals surface area contributed by atoms with Crippen LogP contribution in [-0.2, 0) is 4.79 Å². The summed E-state index contributed by atoms with van der Waals surface area (Å²) in [7, 11) is 0. The van der Waals surface area contributed by atoms with Crippen molar-refractivity contribution in [3.05, 3.63) is 36.4 Å². The number of hydrogen-bond donors (Lipinski definition) is 2. The van der Waals surface area contributed by atoms with Crippen molar-refractivity contribution >= 4 is 11.8 Å². The second-order valence-electron chi connectivity index (χ2n) is 6.32. The molecule has 0 aliphatic heterocycles. The number of pyridine rings is 1. The zero-order chi connectivity index (χ0) is 18.5. The number of nitrogens with zero attached hydrogens (tertiary/aromatic N) is 3. The van der Waals surface area contributed by atoms with Crippen LogP contribution in [0.25, 0.3) is 11.1 Å². The Balaban J connectivity index is 1.61. The average molecular weight is 359 g/mol. The number of nitrogens with one attached hydrogen (secondary N) is 2. The van der Waals surface area contributed by atoms with Crippen LogP contribution in [0.5, 0.6) is 0 Å². The molecule has 138 valence electrons. The molecule has 1 saturated carbocycles. The number of carbonyl (C=O) groups excluding carboxylic acids is 2. The van der Waals surface area contributed by atoms with Gasteiger partial charge in [0.2, 0.25) is 0 Å². The first-order valence-electron chi connectivity index (χ1n) is 8.78. The van der Waals surface area contributed by atoms with Crippen molar-refractivity contribution in [2.45, 2.75) is 38.4 Å². The van der Waals surface area contributed by atoms with E-state index in [0.29, 0.717) is 12.2 Å². The minimum absolute atomic E-state index is 0.143. The number of alkyl halides is 1. The van der Waals surface area contributed by atoms with Gasteiger partial charge in [-0.1, -0.05) is 13.0 Å². The van der Waals surface area contributed by atoms with E-state index >= 15 is 0 Å². The molecule has 1 atom stereocenters. The molecule has 0 saturated heterocycles. The van der Waals surface area contributed by atoms with Crippen LogP contribution in [0.2, 0.25) is 0 Å². The van der Waals surface area contributed by atoms with E-state index in [1.165, 1.54) is 0 Å². The van der Waals surface area contributed by atoms with E-state index in [0.717, 1.165) is 24.0 Å². The lowest BCUT2D eigenvalue weighted by Gasteiger charge is -2.22. The van der Waals surface area contributed by atoms with E-state index in [1.54, 1.807) is 36.5 Å². The Labute approximate surface area is 151 Å². The molecule has 2 aromatic rings. The topological polar surface area (TPSA) is 91.0 Å². The van der Waals surface area contributed by atoms with Gasteiger partial charge in [0.05, 0.1) is 6.20 Å². The Kier molecular flexibility index (Phi) is 5.60. The third kappa shape index (κ3) is 4.25. The van der Waals surface area contributed by atoms with Crippen molar-refractivity contribution < 1.29 is 14.0 Å². The molecule has 2 N–H and O–H groups in total. The standard InChI is InChI=1S/C18H22FN5O2/c1-2-15(19)17(25)20-7-8-24(14-4-5-14)18(26)16-6-3-12(9-21-16)13-10-22-23-11-13/h3,6,9-11,14-15H,2,4-5,7-8H2,1H3,(H,20,25)(H,22,23). The maximum atomic E-state index is 13.3. The molecule has 0 aromatic carbocycles. The van der Waals surface area contributed by atoms with Gasteiger partial charge in [0.25, 0.3) is 11.8 Å². The van der Waals surface area contributed by atoms with E-state index in [2.05, 4.69) is 20.5 Å². The summed E-state index contributed by atoms with van der Waals surface area (Å²) in [5.74, 6) is -0.800. The third-order valence-electron chi connectivity index (χ3n) is 4.36. The molecule has 3 rings (SSSR count). The van der Waals surface area contributed by atoms with Gasteiger partial charge in [-0.25, -0.2) is 4.39 Å². The number of halogens is 1. The molecule has 1 aliphatic carbocycles. The monoisotopic (exact) mass is 359 g/mol. The zero-order valence-corrected chi connectivity index (χ0v) is 14.6. The fraction of sp³-hybridized carbons (Fsp3) is 0.444. The van der Waals surface area contributed by atoms with Crippen molar-refractivity contribution in [1.82, 2.24) is 25.4 Å². The van der Waals surface area contributed by atoms with Crippen LogP contribution in [0.1, 0.15) is 36.7 Å². The van der Waals surface area contributed by atoms with Gasteiger partial charge in [0, 0.05) is 42.7 Å². The van der Waals surface area contributed by atoms with Gasteiger partial charge in [0.15, 0.2) is 6.17 Å². The van der Waals surface area contributed by atoms with Gasteiger partial charge in [-0.05, 0) is 25.3 Å². The third-order valence-corrected chi connectivity index (χ3v) is 4.36. The van der Waals surface area contributed by atoms with E-state index in [-0.39, 0.29) is 24.9 Å². The summed E-state index contributed by atoms with van der Waals surface area (Å²) in [6.45, 7) is 2.19. The molecular weight excluding hydrogens is 337 g/mol. The smallest absolute Gasteiger partial charge is 0.272 e. The first kappa shape index (κ1) is 18.0. The molecular formula is C18H22FN5O2. The number of aromatic nitrogens is 3. The number of rotatable bonds is 8. The van der Waals surface area contributed by atoms with E-state index in [9.17, 15) is 14.0 Å². The van der Waals surface area contributed by atoms with Crippen LogP contribution < -0.4 is 5.32 Å². The van der Waals surface area contributed by atoms with Gasteiger partial charge in [-0.2, -0.15) is 5.10 Å². The summed E-state index contributed by atoms with van der Waals surface area (Å²) < 4.78 is 13.3. The van der Waals surface area contributed by atoms with Crippen LogP contribution in [0.4, 0.5) is 4.39 Å². The molecule has 7 nitrogen and oxygen atoms in total. The lowest BCUT2D eigenvalue weighted by Crippen LogP contribution is -2.42. The van der Waals surface area contributed by atoms with Gasteiger partial charge in [-0.3, -0.25) is 19.7 Å². The lowest BCUT2D eigenvalue weighted by atomic mass is 10.1. The van der Waals surface area contributed by atoms with E-state index in [1.807, 2.05) is 6.07 Å². The summed E-state index contributed by atoms with van der Waals surface area (Å²) in [5, 5.41) is 9.17. The summed E-state index contributed by atoms with van der Waals surface area (Å²) in [5.41, 5.74) is 2.12. The van der Waals surface area contributed by atoms with E-state index < -0.39 is 12.1 Å². The SMILES string of the molecule is CCC(F)C(=O)NCCN(C(=O)c1ccc(-c2cn[nH]c2)cn1)C1CC1. The number of amides is 2. The highest BCUT2D eigenvalue weighted by Crippen LogP contribution is 2.28. The van der Waals surface area contributed by atoms with Crippen molar-refractivity contribution in [3.8, 4) is 11.1 Å². The van der Waals surface area contributed by atoms with Gasteiger partial charge in [0.1, 0.15) is 5.69 Å². The summed E-state index contributed by atoms with van der Waals surface area (Å²) in [4.78, 5) is 30.2. The van der Waals surface area contributed by atoms with Crippen LogP contribution in [-0.4, -0.2) is 57.2 Å². The minimum Gasteiger partial charge on any atom is -0.352 e. The first-order chi connectivity index (χ1) is 12.6. The Hall–Kier alpha value is -2.77. The molecule has 2 aromatic heterocycles. The van der Waals surface area contributed by atoms with Gasteiger partial charge >= 0.3 is 0 Å². The van der Waals surface area contributed by atoms with Crippen molar-refractivity contribution in [2.24, 2.45) is 0 Å². The molecule has 0 spiro atoms. The zero-order valence-electron chi connectivity index (χ0n) is 14.6. The predicted molar refractivity (Wildman–Crippen MR) is 94.1 cm³/mol. The maximum absolute atomic E-state index is 13.3. The highest BCUT2D eigenvalue weighted by Gasteiger charge is 2.33. The number of carbonyl (C=O) groups is 2. The Bertz CT molecular complexity index is 743. The average Bonchev–Trinajstić information content (AvgIpc) is 3.36. The van der Waals surface area contributed by atoms with E-state index in [4.69, 9.17) is 0 Å². The molecule has 2 amide bonds. The number of hydrogen-bond acceptors (Lipinski definition) is 4. The second kappa shape index (κ2) is 8.07. The summed E-state index contributed by atoms with van der Waals surface area (Å²) >= 11 is 0. The second-order valence-corrected chi connectivity index (χ2v) is 6.32. The molecule has 1 aliphatic rings. The summed E-state index contributed by atoms with van der Waals surface area (Å²) in [6, 6.07) is 3.68. The molecule has 0 bridgehead atoms. The Morgan fingerprint density at radius 1 is 1.35 bits per heavy atom. The highest BCUT2D eigenvalue weighted by molar-refractivity contribution is 5.93. The van der Waals surface area contributed by atoms with Crippen molar-refractivity contribution in [1.29, 1.82) is 0 Å². The number of aromatic amines is 1. The largest absolute Gasteiger partial charge is 0.352 e. The predicted octanol–water partition coefficient (Wildman–Crippen LogP) is 1.94. The fourth-order valence-corrected chi connectivity index (χ4v) is 2.68. The molecule has 0 radical (unpaired) electrons. The molecule has 2 heterocycles. The fourth-order valence-electron chi connectivity index (χ4n) is 2.68. The molecule has 1 fully saturated rings. The quantitative estimate of drug-likeness (QED) is 0.754.